The summed E-state index contributed by atoms with van der Waals surface area (Å²) in [5, 5.41) is 13.0. The summed E-state index contributed by atoms with van der Waals surface area (Å²) in [5.74, 6) is -0.483. The number of halogens is 3. The van der Waals surface area contributed by atoms with Gasteiger partial charge in [-0.3, -0.25) is 4.98 Å². The second kappa shape index (κ2) is 5.78. The summed E-state index contributed by atoms with van der Waals surface area (Å²) >= 11 is 9.24. The quantitative estimate of drug-likeness (QED) is 0.883. The fourth-order valence-electron chi connectivity index (χ4n) is 1.71. The van der Waals surface area contributed by atoms with Crippen molar-refractivity contribution >= 4 is 33.2 Å². The average molecular weight is 355 g/mol. The molecule has 20 heavy (non-hydrogen) atoms. The van der Waals surface area contributed by atoms with Crippen LogP contribution in [0.15, 0.2) is 41.1 Å². The number of hydrogen-bond donors (Lipinski definition) is 1. The number of benzene rings is 1. The van der Waals surface area contributed by atoms with E-state index in [0.29, 0.717) is 20.7 Å². The summed E-state index contributed by atoms with van der Waals surface area (Å²) < 4.78 is 14.0. The van der Waals surface area contributed by atoms with Crippen LogP contribution in [-0.4, -0.2) is 4.98 Å². The first-order chi connectivity index (χ1) is 9.44. The zero-order valence-electron chi connectivity index (χ0n) is 10.5. The Balaban J connectivity index is 2.37. The van der Waals surface area contributed by atoms with Crippen molar-refractivity contribution in [1.82, 2.24) is 4.98 Å². The van der Waals surface area contributed by atoms with Crippen LogP contribution in [0.1, 0.15) is 12.5 Å². The lowest BCUT2D eigenvalue weighted by Gasteiger charge is -2.25. The minimum Gasteiger partial charge on any atom is -0.364 e. The van der Waals surface area contributed by atoms with Crippen LogP contribution in [0.3, 0.4) is 0 Å². The number of nitrogens with one attached hydrogen (secondary N) is 1. The Morgan fingerprint density at radius 1 is 1.40 bits per heavy atom. The monoisotopic (exact) mass is 353 g/mol. The number of anilines is 1. The van der Waals surface area contributed by atoms with Gasteiger partial charge in [-0.2, -0.15) is 5.26 Å². The minimum atomic E-state index is -1.09. The van der Waals surface area contributed by atoms with Gasteiger partial charge < -0.3 is 5.32 Å². The molecule has 0 bridgehead atoms. The Bertz CT molecular complexity index is 686. The molecule has 0 amide bonds. The molecule has 1 unspecified atom stereocenters. The van der Waals surface area contributed by atoms with Crippen molar-refractivity contribution in [3.05, 3.63) is 57.5 Å². The standard InChI is InChI=1S/C14H10BrClFN3/c1-14(8-18,9-4-10(17)7-19-6-9)20-11-2-3-13(16)12(15)5-11/h2-7,20H,1H3. The van der Waals surface area contributed by atoms with Gasteiger partial charge in [-0.25, -0.2) is 4.39 Å². The van der Waals surface area contributed by atoms with Crippen molar-refractivity contribution in [3.63, 3.8) is 0 Å². The molecule has 1 aromatic heterocycles. The Morgan fingerprint density at radius 2 is 2.15 bits per heavy atom. The lowest BCUT2D eigenvalue weighted by molar-refractivity contribution is 0.607. The third kappa shape index (κ3) is 3.09. The molecule has 2 rings (SSSR count). The number of nitriles is 1. The number of nitrogens with zero attached hydrogens (tertiary/aromatic N) is 2. The number of rotatable bonds is 3. The second-order valence-electron chi connectivity index (χ2n) is 4.38. The zero-order valence-corrected chi connectivity index (χ0v) is 12.8. The minimum absolute atomic E-state index is 0.450. The van der Waals surface area contributed by atoms with Gasteiger partial charge in [0.1, 0.15) is 11.4 Å². The van der Waals surface area contributed by atoms with E-state index >= 15 is 0 Å². The maximum atomic E-state index is 13.3. The second-order valence-corrected chi connectivity index (χ2v) is 5.64. The van der Waals surface area contributed by atoms with Crippen molar-refractivity contribution in [2.75, 3.05) is 5.32 Å². The topological polar surface area (TPSA) is 48.7 Å². The van der Waals surface area contributed by atoms with Gasteiger partial charge in [0.25, 0.3) is 0 Å². The molecule has 1 heterocycles. The van der Waals surface area contributed by atoms with Crippen LogP contribution in [0.5, 0.6) is 0 Å². The number of hydrogen-bond acceptors (Lipinski definition) is 3. The first kappa shape index (κ1) is 14.8. The molecule has 0 saturated carbocycles. The van der Waals surface area contributed by atoms with Gasteiger partial charge in [0.05, 0.1) is 17.3 Å². The molecule has 0 fully saturated rings. The summed E-state index contributed by atoms with van der Waals surface area (Å²) in [4.78, 5) is 3.78. The van der Waals surface area contributed by atoms with Gasteiger partial charge in [0.15, 0.2) is 0 Å². The number of aromatic nitrogens is 1. The van der Waals surface area contributed by atoms with E-state index < -0.39 is 11.4 Å². The third-order valence-electron chi connectivity index (χ3n) is 2.82. The molecule has 0 spiro atoms. The predicted octanol–water partition coefficient (Wildman–Crippen LogP) is 4.49. The van der Waals surface area contributed by atoms with E-state index in [9.17, 15) is 9.65 Å². The smallest absolute Gasteiger partial charge is 0.149 e. The average Bonchev–Trinajstić information content (AvgIpc) is 2.43. The summed E-state index contributed by atoms with van der Waals surface area (Å²) in [5.41, 5.74) is 0.0446. The third-order valence-corrected chi connectivity index (χ3v) is 4.03. The molecular formula is C14H10BrClFN3. The first-order valence-electron chi connectivity index (χ1n) is 5.70. The molecule has 0 aliphatic rings. The van der Waals surface area contributed by atoms with Crippen molar-refractivity contribution in [3.8, 4) is 6.07 Å². The van der Waals surface area contributed by atoms with Crippen molar-refractivity contribution in [2.24, 2.45) is 0 Å². The highest BCUT2D eigenvalue weighted by molar-refractivity contribution is 9.10. The summed E-state index contributed by atoms with van der Waals surface area (Å²) in [6.45, 7) is 1.66. The molecule has 0 aliphatic carbocycles. The lowest BCUT2D eigenvalue weighted by atomic mass is 9.94. The summed E-state index contributed by atoms with van der Waals surface area (Å²) in [6.07, 6.45) is 2.56. The van der Waals surface area contributed by atoms with Crippen LogP contribution >= 0.6 is 27.5 Å². The van der Waals surface area contributed by atoms with Crippen molar-refractivity contribution < 1.29 is 4.39 Å². The molecule has 6 heteroatoms. The van der Waals surface area contributed by atoms with Gasteiger partial charge in [-0.1, -0.05) is 11.6 Å². The summed E-state index contributed by atoms with van der Waals surface area (Å²) in [7, 11) is 0. The SMILES string of the molecule is CC(C#N)(Nc1ccc(Cl)c(Br)c1)c1cncc(F)c1. The lowest BCUT2D eigenvalue weighted by Crippen LogP contribution is -2.30. The van der Waals surface area contributed by atoms with E-state index in [-0.39, 0.29) is 0 Å². The van der Waals surface area contributed by atoms with Gasteiger partial charge in [-0.05, 0) is 47.1 Å². The molecule has 0 saturated heterocycles. The molecule has 1 aromatic carbocycles. The normalized spacial score (nSPS) is 13.3. The summed E-state index contributed by atoms with van der Waals surface area (Å²) in [6, 6.07) is 8.63. The van der Waals surface area contributed by atoms with Gasteiger partial charge in [0.2, 0.25) is 0 Å². The molecule has 1 atom stereocenters. The highest BCUT2D eigenvalue weighted by Gasteiger charge is 2.27. The van der Waals surface area contributed by atoms with E-state index in [4.69, 9.17) is 11.6 Å². The predicted molar refractivity (Wildman–Crippen MR) is 79.9 cm³/mol. The van der Waals surface area contributed by atoms with E-state index in [1.807, 2.05) is 0 Å². The molecule has 3 nitrogen and oxygen atoms in total. The fourth-order valence-corrected chi connectivity index (χ4v) is 2.21. The maximum Gasteiger partial charge on any atom is 0.149 e. The highest BCUT2D eigenvalue weighted by atomic mass is 79.9. The molecule has 0 radical (unpaired) electrons. The molecular weight excluding hydrogens is 345 g/mol. The van der Waals surface area contributed by atoms with Crippen molar-refractivity contribution in [2.45, 2.75) is 12.5 Å². The van der Waals surface area contributed by atoms with Crippen LogP contribution in [0.4, 0.5) is 10.1 Å². The van der Waals surface area contributed by atoms with Gasteiger partial charge in [-0.15, -0.1) is 0 Å². The van der Waals surface area contributed by atoms with Crippen LogP contribution in [0.2, 0.25) is 5.02 Å². The molecule has 102 valence electrons. The Labute approximate surface area is 129 Å². The van der Waals surface area contributed by atoms with Crippen LogP contribution < -0.4 is 5.32 Å². The fraction of sp³-hybridized carbons (Fsp3) is 0.143. The van der Waals surface area contributed by atoms with Crippen LogP contribution in [0.25, 0.3) is 0 Å². The maximum absolute atomic E-state index is 13.3. The van der Waals surface area contributed by atoms with E-state index in [1.54, 1.807) is 25.1 Å². The van der Waals surface area contributed by atoms with E-state index in [2.05, 4.69) is 32.3 Å². The van der Waals surface area contributed by atoms with Crippen LogP contribution in [0, 0.1) is 17.1 Å². The Kier molecular flexibility index (Phi) is 4.26. The van der Waals surface area contributed by atoms with Gasteiger partial charge in [0, 0.05) is 21.9 Å². The largest absolute Gasteiger partial charge is 0.364 e. The molecule has 2 aromatic rings. The zero-order chi connectivity index (χ0) is 14.8. The molecule has 0 aliphatic heterocycles. The highest BCUT2D eigenvalue weighted by Crippen LogP contribution is 2.30. The van der Waals surface area contributed by atoms with Crippen LogP contribution in [-0.2, 0) is 5.54 Å². The van der Waals surface area contributed by atoms with Crippen molar-refractivity contribution in [1.29, 1.82) is 5.26 Å². The van der Waals surface area contributed by atoms with Gasteiger partial charge >= 0.3 is 0 Å². The Morgan fingerprint density at radius 3 is 2.75 bits per heavy atom. The van der Waals surface area contributed by atoms with E-state index in [1.165, 1.54) is 12.3 Å². The Hall–Kier alpha value is -1.64. The van der Waals surface area contributed by atoms with E-state index in [0.717, 1.165) is 6.20 Å². The first-order valence-corrected chi connectivity index (χ1v) is 6.87. The number of pyridine rings is 1. The molecule has 1 N–H and O–H groups in total.